The summed E-state index contributed by atoms with van der Waals surface area (Å²) in [5, 5.41) is 3.57. The summed E-state index contributed by atoms with van der Waals surface area (Å²) in [4.78, 5) is 9.92. The average Bonchev–Trinajstić information content (AvgIpc) is 2.73. The highest BCUT2D eigenvalue weighted by Crippen LogP contribution is 2.27. The van der Waals surface area contributed by atoms with Gasteiger partial charge in [-0.25, -0.2) is 15.8 Å². The Bertz CT molecular complexity index is 526. The maximum atomic E-state index is 5.47. The van der Waals surface area contributed by atoms with E-state index < -0.39 is 0 Å². The molecule has 17 heavy (non-hydrogen) atoms. The Morgan fingerprint density at radius 2 is 2.41 bits per heavy atom. The standard InChI is InChI=1S/C10H12N4OS2/c11-14-9-7-1-2-16-10(7)13-8(12-9)5-17-6-3-15-4-6/h1-2,6H,3-5,11H2,(H,12,13,14). The first-order valence-corrected chi connectivity index (χ1v) is 7.20. The average molecular weight is 268 g/mol. The molecule has 0 amide bonds. The Labute approximate surface area is 107 Å². The van der Waals surface area contributed by atoms with Crippen LogP contribution in [0.5, 0.6) is 0 Å². The van der Waals surface area contributed by atoms with E-state index in [0.717, 1.165) is 35.0 Å². The molecule has 1 fully saturated rings. The topological polar surface area (TPSA) is 73.1 Å². The molecule has 1 aliphatic heterocycles. The fraction of sp³-hybridized carbons (Fsp3) is 0.400. The summed E-state index contributed by atoms with van der Waals surface area (Å²) in [6.07, 6.45) is 0. The second-order valence-corrected chi connectivity index (χ2v) is 5.93. The number of anilines is 1. The molecule has 0 saturated carbocycles. The molecule has 2 aromatic heterocycles. The van der Waals surface area contributed by atoms with Crippen molar-refractivity contribution in [2.75, 3.05) is 18.6 Å². The monoisotopic (exact) mass is 268 g/mol. The largest absolute Gasteiger partial charge is 0.379 e. The first-order chi connectivity index (χ1) is 8.36. The van der Waals surface area contributed by atoms with Gasteiger partial charge in [0.1, 0.15) is 10.7 Å². The minimum atomic E-state index is 0.590. The minimum Gasteiger partial charge on any atom is -0.379 e. The molecule has 90 valence electrons. The predicted octanol–water partition coefficient (Wildman–Crippen LogP) is 1.61. The van der Waals surface area contributed by atoms with Gasteiger partial charge < -0.3 is 10.2 Å². The molecule has 0 spiro atoms. The minimum absolute atomic E-state index is 0.590. The smallest absolute Gasteiger partial charge is 0.152 e. The van der Waals surface area contributed by atoms with Crippen molar-refractivity contribution < 1.29 is 4.74 Å². The summed E-state index contributed by atoms with van der Waals surface area (Å²) in [6.45, 7) is 1.68. The van der Waals surface area contributed by atoms with Gasteiger partial charge in [0.15, 0.2) is 5.82 Å². The second kappa shape index (κ2) is 4.77. The van der Waals surface area contributed by atoms with Crippen LogP contribution in [0.2, 0.25) is 0 Å². The van der Waals surface area contributed by atoms with Crippen LogP contribution in [0.1, 0.15) is 5.82 Å². The first-order valence-electron chi connectivity index (χ1n) is 5.27. The fourth-order valence-electron chi connectivity index (χ4n) is 1.58. The third kappa shape index (κ3) is 2.23. The van der Waals surface area contributed by atoms with Gasteiger partial charge in [-0.3, -0.25) is 0 Å². The number of aromatic nitrogens is 2. The quantitative estimate of drug-likeness (QED) is 0.648. The van der Waals surface area contributed by atoms with Gasteiger partial charge in [-0.05, 0) is 11.4 Å². The van der Waals surface area contributed by atoms with Gasteiger partial charge >= 0.3 is 0 Å². The van der Waals surface area contributed by atoms with Gasteiger partial charge in [0.2, 0.25) is 0 Å². The Hall–Kier alpha value is -0.890. The summed E-state index contributed by atoms with van der Waals surface area (Å²) < 4.78 is 5.13. The molecule has 0 bridgehead atoms. The number of rotatable bonds is 4. The van der Waals surface area contributed by atoms with Crippen LogP contribution in [-0.2, 0) is 10.5 Å². The Morgan fingerprint density at radius 3 is 3.12 bits per heavy atom. The molecule has 0 unspecified atom stereocenters. The normalized spacial score (nSPS) is 16.1. The number of nitrogens with zero attached hydrogens (tertiary/aromatic N) is 2. The van der Waals surface area contributed by atoms with Gasteiger partial charge in [0.25, 0.3) is 0 Å². The molecule has 5 nitrogen and oxygen atoms in total. The molecular weight excluding hydrogens is 256 g/mol. The number of hydrogen-bond donors (Lipinski definition) is 2. The van der Waals surface area contributed by atoms with Crippen LogP contribution in [0, 0.1) is 0 Å². The van der Waals surface area contributed by atoms with E-state index in [1.165, 1.54) is 0 Å². The molecule has 1 saturated heterocycles. The lowest BCUT2D eigenvalue weighted by atomic mass is 10.4. The maximum Gasteiger partial charge on any atom is 0.152 e. The molecule has 1 aliphatic rings. The number of hydrazine groups is 1. The molecule has 3 N–H and O–H groups in total. The van der Waals surface area contributed by atoms with Crippen molar-refractivity contribution in [1.82, 2.24) is 9.97 Å². The van der Waals surface area contributed by atoms with Crippen LogP contribution in [0.3, 0.4) is 0 Å². The van der Waals surface area contributed by atoms with Gasteiger partial charge in [-0.2, -0.15) is 0 Å². The molecule has 2 aromatic rings. The maximum absolute atomic E-state index is 5.47. The SMILES string of the molecule is NNc1nc(CSC2COC2)nc2sccc12. The number of nitrogens with one attached hydrogen (secondary N) is 1. The third-order valence-corrected chi connectivity index (χ3v) is 4.54. The van der Waals surface area contributed by atoms with Gasteiger partial charge in [0.05, 0.1) is 29.6 Å². The van der Waals surface area contributed by atoms with Crippen LogP contribution in [0.15, 0.2) is 11.4 Å². The summed E-state index contributed by atoms with van der Waals surface area (Å²) in [5.41, 5.74) is 2.63. The van der Waals surface area contributed by atoms with Gasteiger partial charge in [-0.1, -0.05) is 0 Å². The van der Waals surface area contributed by atoms with E-state index in [1.807, 2.05) is 23.2 Å². The molecule has 0 atom stereocenters. The van der Waals surface area contributed by atoms with Crippen LogP contribution >= 0.6 is 23.1 Å². The number of fused-ring (bicyclic) bond motifs is 1. The second-order valence-electron chi connectivity index (χ2n) is 3.74. The Morgan fingerprint density at radius 1 is 1.53 bits per heavy atom. The van der Waals surface area contributed by atoms with E-state index in [0.29, 0.717) is 11.1 Å². The zero-order valence-electron chi connectivity index (χ0n) is 9.05. The molecule has 3 heterocycles. The zero-order chi connectivity index (χ0) is 11.7. The number of hydrogen-bond acceptors (Lipinski definition) is 7. The lowest BCUT2D eigenvalue weighted by Gasteiger charge is -2.24. The Balaban J connectivity index is 1.82. The first kappa shape index (κ1) is 11.2. The zero-order valence-corrected chi connectivity index (χ0v) is 10.7. The third-order valence-electron chi connectivity index (χ3n) is 2.56. The van der Waals surface area contributed by atoms with Crippen LogP contribution in [0.25, 0.3) is 10.2 Å². The molecule has 3 rings (SSSR count). The number of ether oxygens (including phenoxy) is 1. The summed E-state index contributed by atoms with van der Waals surface area (Å²) >= 11 is 3.44. The number of nitrogen functional groups attached to an aromatic ring is 1. The fourth-order valence-corrected chi connectivity index (χ4v) is 3.26. The van der Waals surface area contributed by atoms with Crippen LogP contribution < -0.4 is 11.3 Å². The lowest BCUT2D eigenvalue weighted by Crippen LogP contribution is -2.30. The lowest BCUT2D eigenvalue weighted by molar-refractivity contribution is 0.0455. The van der Waals surface area contributed by atoms with E-state index in [1.54, 1.807) is 11.3 Å². The summed E-state index contributed by atoms with van der Waals surface area (Å²) in [7, 11) is 0. The number of thioether (sulfide) groups is 1. The van der Waals surface area contributed by atoms with Crippen molar-refractivity contribution in [1.29, 1.82) is 0 Å². The van der Waals surface area contributed by atoms with Crippen LogP contribution in [0.4, 0.5) is 5.82 Å². The van der Waals surface area contributed by atoms with Crippen molar-refractivity contribution in [2.45, 2.75) is 11.0 Å². The van der Waals surface area contributed by atoms with Crippen molar-refractivity contribution in [3.8, 4) is 0 Å². The van der Waals surface area contributed by atoms with E-state index in [9.17, 15) is 0 Å². The number of nitrogens with two attached hydrogens (primary N) is 1. The molecule has 0 radical (unpaired) electrons. The highest BCUT2D eigenvalue weighted by Gasteiger charge is 2.19. The Kier molecular flexibility index (Phi) is 3.15. The summed E-state index contributed by atoms with van der Waals surface area (Å²) in [5.74, 6) is 7.81. The highest BCUT2D eigenvalue weighted by molar-refractivity contribution is 7.99. The summed E-state index contributed by atoms with van der Waals surface area (Å²) in [6, 6.07) is 1.98. The van der Waals surface area contributed by atoms with Crippen molar-refractivity contribution in [3.63, 3.8) is 0 Å². The molecular formula is C10H12N4OS2. The van der Waals surface area contributed by atoms with E-state index in [-0.39, 0.29) is 0 Å². The van der Waals surface area contributed by atoms with E-state index in [2.05, 4.69) is 15.4 Å². The number of thiophene rings is 1. The van der Waals surface area contributed by atoms with Gasteiger partial charge in [-0.15, -0.1) is 23.1 Å². The van der Waals surface area contributed by atoms with E-state index >= 15 is 0 Å². The van der Waals surface area contributed by atoms with Gasteiger partial charge in [0, 0.05) is 0 Å². The highest BCUT2D eigenvalue weighted by atomic mass is 32.2. The van der Waals surface area contributed by atoms with Crippen molar-refractivity contribution in [3.05, 3.63) is 17.3 Å². The van der Waals surface area contributed by atoms with Crippen molar-refractivity contribution in [2.24, 2.45) is 5.84 Å². The molecule has 7 heteroatoms. The van der Waals surface area contributed by atoms with Crippen molar-refractivity contribution >= 4 is 39.1 Å². The van der Waals surface area contributed by atoms with Crippen LogP contribution in [-0.4, -0.2) is 28.4 Å². The van der Waals surface area contributed by atoms with E-state index in [4.69, 9.17) is 10.6 Å². The molecule has 0 aromatic carbocycles. The predicted molar refractivity (Wildman–Crippen MR) is 71.1 cm³/mol. The molecule has 0 aliphatic carbocycles.